The molecule has 120 valence electrons. The second-order valence-electron chi connectivity index (χ2n) is 6.27. The molecule has 4 nitrogen and oxygen atoms in total. The van der Waals surface area contributed by atoms with Gasteiger partial charge >= 0.3 is 7.12 Å². The summed E-state index contributed by atoms with van der Waals surface area (Å²) in [6.07, 6.45) is 1.38. The second-order valence-corrected chi connectivity index (χ2v) is 7.13. The third kappa shape index (κ3) is 3.21. The van der Waals surface area contributed by atoms with Gasteiger partial charge in [-0.05, 0) is 68.3 Å². The van der Waals surface area contributed by atoms with Gasteiger partial charge in [0.15, 0.2) is 0 Å². The number of aromatic nitrogens is 1. The first-order valence-electron chi connectivity index (χ1n) is 7.01. The number of nitrogens with zero attached hydrogens (tertiary/aromatic N) is 1. The van der Waals surface area contributed by atoms with Crippen LogP contribution in [0.2, 0.25) is 0 Å². The van der Waals surface area contributed by atoms with Crippen LogP contribution < -0.4 is 4.74 Å². The van der Waals surface area contributed by atoms with Crippen LogP contribution in [0.25, 0.3) is 6.08 Å². The van der Waals surface area contributed by atoms with Gasteiger partial charge in [-0.1, -0.05) is 0 Å². The molecule has 0 amide bonds. The Morgan fingerprint density at radius 3 is 2.36 bits per heavy atom. The molecule has 0 atom stereocenters. The smallest absolute Gasteiger partial charge is 0.480 e. The maximum Gasteiger partial charge on any atom is 0.525 e. The number of methoxy groups -OCH3 is 1. The van der Waals surface area contributed by atoms with E-state index < -0.39 is 24.0 Å². The van der Waals surface area contributed by atoms with Crippen LogP contribution in [-0.4, -0.2) is 30.4 Å². The quantitative estimate of drug-likeness (QED) is 0.750. The van der Waals surface area contributed by atoms with Crippen LogP contribution in [0.3, 0.4) is 0 Å². The molecular weight excluding hydrogens is 352 g/mol. The number of hydrogen-bond donors (Lipinski definition) is 0. The van der Waals surface area contributed by atoms with Crippen molar-refractivity contribution in [1.82, 2.24) is 4.98 Å². The van der Waals surface area contributed by atoms with Gasteiger partial charge in [-0.2, -0.15) is 0 Å². The topological polar surface area (TPSA) is 40.6 Å². The number of halogens is 2. The number of hydrogen-bond acceptors (Lipinski definition) is 4. The van der Waals surface area contributed by atoms with E-state index in [0.717, 1.165) is 0 Å². The summed E-state index contributed by atoms with van der Waals surface area (Å²) < 4.78 is 31.7. The molecule has 1 aromatic heterocycles. The SMILES string of the molecule is COc1nc(C)c(C=C(F)B2OC(C)(C)C(C)(C)O2)cc1Br. The van der Waals surface area contributed by atoms with Gasteiger partial charge in [-0.25, -0.2) is 9.37 Å². The zero-order chi connectivity index (χ0) is 16.7. The zero-order valence-electron chi connectivity index (χ0n) is 13.7. The highest BCUT2D eigenvalue weighted by molar-refractivity contribution is 9.10. The van der Waals surface area contributed by atoms with E-state index in [4.69, 9.17) is 14.0 Å². The van der Waals surface area contributed by atoms with E-state index in [1.807, 2.05) is 27.7 Å². The first-order valence-corrected chi connectivity index (χ1v) is 7.80. The molecule has 0 aromatic carbocycles. The lowest BCUT2D eigenvalue weighted by atomic mass is 9.86. The highest BCUT2D eigenvalue weighted by Gasteiger charge is 2.53. The third-order valence-electron chi connectivity index (χ3n) is 4.14. The molecular formula is C15H20BBrFNO3. The molecule has 0 bridgehead atoms. The van der Waals surface area contributed by atoms with E-state index >= 15 is 0 Å². The normalized spacial score (nSPS) is 20.4. The van der Waals surface area contributed by atoms with Crippen LogP contribution in [0, 0.1) is 6.92 Å². The van der Waals surface area contributed by atoms with E-state index in [9.17, 15) is 4.39 Å². The molecule has 22 heavy (non-hydrogen) atoms. The maximum atomic E-state index is 14.5. The van der Waals surface area contributed by atoms with Crippen molar-refractivity contribution in [2.75, 3.05) is 7.11 Å². The largest absolute Gasteiger partial charge is 0.525 e. The summed E-state index contributed by atoms with van der Waals surface area (Å²) in [7, 11) is 0.526. The van der Waals surface area contributed by atoms with Crippen LogP contribution in [0.5, 0.6) is 5.88 Å². The van der Waals surface area contributed by atoms with Crippen molar-refractivity contribution in [3.05, 3.63) is 27.5 Å². The van der Waals surface area contributed by atoms with Gasteiger partial charge in [0, 0.05) is 5.69 Å². The highest BCUT2D eigenvalue weighted by Crippen LogP contribution is 2.39. The zero-order valence-corrected chi connectivity index (χ0v) is 15.2. The van der Waals surface area contributed by atoms with E-state index in [1.165, 1.54) is 13.2 Å². The second kappa shape index (κ2) is 5.94. The van der Waals surface area contributed by atoms with Crippen LogP contribution in [0.15, 0.2) is 16.3 Å². The van der Waals surface area contributed by atoms with Crippen molar-refractivity contribution in [2.24, 2.45) is 0 Å². The molecule has 7 heteroatoms. The molecule has 0 radical (unpaired) electrons. The Bertz CT molecular complexity index is 603. The van der Waals surface area contributed by atoms with Crippen molar-refractivity contribution < 1.29 is 18.4 Å². The first kappa shape index (κ1) is 17.4. The predicted octanol–water partition coefficient (Wildman–Crippen LogP) is 4.10. The summed E-state index contributed by atoms with van der Waals surface area (Å²) in [6, 6.07) is 1.76. The summed E-state index contributed by atoms with van der Waals surface area (Å²) >= 11 is 3.35. The molecule has 1 fully saturated rings. The number of pyridine rings is 1. The minimum Gasteiger partial charge on any atom is -0.480 e. The van der Waals surface area contributed by atoms with Crippen molar-refractivity contribution in [1.29, 1.82) is 0 Å². The molecule has 1 aliphatic heterocycles. The van der Waals surface area contributed by atoms with Gasteiger partial charge in [-0.3, -0.25) is 0 Å². The standard InChI is InChI=1S/C15H20BBrFNO3/c1-9-10(7-11(17)13(19-9)20-6)8-12(18)16-21-14(2,3)15(4,5)22-16/h7-8H,1-6H3. The van der Waals surface area contributed by atoms with Crippen LogP contribution >= 0.6 is 15.9 Å². The molecule has 0 spiro atoms. The highest BCUT2D eigenvalue weighted by atomic mass is 79.9. The third-order valence-corrected chi connectivity index (χ3v) is 4.71. The van der Waals surface area contributed by atoms with Gasteiger partial charge in [0.25, 0.3) is 0 Å². The Morgan fingerprint density at radius 1 is 1.32 bits per heavy atom. The first-order chi connectivity index (χ1) is 10.1. The van der Waals surface area contributed by atoms with Gasteiger partial charge in [-0.15, -0.1) is 0 Å². The van der Waals surface area contributed by atoms with E-state index in [0.29, 0.717) is 21.6 Å². The average molecular weight is 372 g/mol. The number of rotatable bonds is 3. The summed E-state index contributed by atoms with van der Waals surface area (Å²) in [5, 5.41) is 0. The van der Waals surface area contributed by atoms with Crippen molar-refractivity contribution in [3.63, 3.8) is 0 Å². The Labute approximate surface area is 139 Å². The lowest BCUT2D eigenvalue weighted by molar-refractivity contribution is 0.00578. The van der Waals surface area contributed by atoms with Crippen molar-refractivity contribution in [3.8, 4) is 5.88 Å². The van der Waals surface area contributed by atoms with E-state index in [2.05, 4.69) is 20.9 Å². The van der Waals surface area contributed by atoms with Crippen molar-refractivity contribution in [2.45, 2.75) is 45.8 Å². The minimum absolute atomic E-state index is 0.464. The predicted molar refractivity (Wildman–Crippen MR) is 88.4 cm³/mol. The Morgan fingerprint density at radius 2 is 1.86 bits per heavy atom. The summed E-state index contributed by atoms with van der Waals surface area (Å²) in [5.74, 6) is 0.464. The fourth-order valence-corrected chi connectivity index (χ4v) is 2.53. The lowest BCUT2D eigenvalue weighted by Gasteiger charge is -2.32. The molecule has 2 rings (SSSR count). The molecule has 2 heterocycles. The van der Waals surface area contributed by atoms with Gasteiger partial charge in [0.05, 0.1) is 22.8 Å². The lowest BCUT2D eigenvalue weighted by Crippen LogP contribution is -2.41. The number of aryl methyl sites for hydroxylation is 1. The molecule has 1 saturated heterocycles. The number of ether oxygens (including phenoxy) is 1. The molecule has 0 aliphatic carbocycles. The van der Waals surface area contributed by atoms with Gasteiger partial charge in [0.2, 0.25) is 5.88 Å². The summed E-state index contributed by atoms with van der Waals surface area (Å²) in [5.41, 5.74) is -0.333. The molecule has 0 unspecified atom stereocenters. The fourth-order valence-electron chi connectivity index (χ4n) is 2.03. The maximum absolute atomic E-state index is 14.5. The molecule has 1 aliphatic rings. The molecule has 0 saturated carbocycles. The Balaban J connectivity index is 2.29. The van der Waals surface area contributed by atoms with E-state index in [1.54, 1.807) is 13.0 Å². The summed E-state index contributed by atoms with van der Waals surface area (Å²) in [4.78, 5) is 4.27. The Kier molecular flexibility index (Phi) is 4.71. The van der Waals surface area contributed by atoms with Crippen LogP contribution in [0.4, 0.5) is 4.39 Å². The monoisotopic (exact) mass is 371 g/mol. The Hall–Kier alpha value is -0.915. The van der Waals surface area contributed by atoms with Crippen LogP contribution in [0.1, 0.15) is 39.0 Å². The fraction of sp³-hybridized carbons (Fsp3) is 0.533. The van der Waals surface area contributed by atoms with Crippen LogP contribution in [-0.2, 0) is 9.31 Å². The van der Waals surface area contributed by atoms with Gasteiger partial charge < -0.3 is 14.0 Å². The van der Waals surface area contributed by atoms with Crippen molar-refractivity contribution >= 4 is 29.1 Å². The molecule has 0 N–H and O–H groups in total. The summed E-state index contributed by atoms with van der Waals surface area (Å²) in [6.45, 7) is 9.33. The average Bonchev–Trinajstić information content (AvgIpc) is 2.62. The van der Waals surface area contributed by atoms with E-state index in [-0.39, 0.29) is 0 Å². The van der Waals surface area contributed by atoms with Gasteiger partial charge in [0.1, 0.15) is 5.73 Å². The minimum atomic E-state index is -1.01. The molecule has 1 aromatic rings.